The van der Waals surface area contributed by atoms with Crippen LogP contribution < -0.4 is 20.3 Å². The van der Waals surface area contributed by atoms with Crippen molar-refractivity contribution in [1.82, 2.24) is 9.88 Å². The van der Waals surface area contributed by atoms with E-state index in [0.717, 1.165) is 48.0 Å². The molecule has 2 aliphatic heterocycles. The maximum atomic E-state index is 6.48. The van der Waals surface area contributed by atoms with Crippen LogP contribution in [0.4, 0.5) is 17.1 Å². The van der Waals surface area contributed by atoms with Crippen LogP contribution in [0.5, 0.6) is 5.75 Å². The summed E-state index contributed by atoms with van der Waals surface area (Å²) >= 11 is 0. The van der Waals surface area contributed by atoms with Gasteiger partial charge in [0.15, 0.2) is 6.29 Å². The van der Waals surface area contributed by atoms with Gasteiger partial charge in [0.2, 0.25) is 0 Å². The Balaban J connectivity index is 1.42. The Bertz CT molecular complexity index is 1150. The molecule has 2 aromatic carbocycles. The minimum Gasteiger partial charge on any atom is -0.494 e. The number of rotatable bonds is 6. The number of nitrogens with two attached hydrogens (primary N) is 1. The number of benzene rings is 2. The van der Waals surface area contributed by atoms with Gasteiger partial charge < -0.3 is 24.4 Å². The molecule has 0 aliphatic carbocycles. The zero-order chi connectivity index (χ0) is 23.7. The molecule has 178 valence electrons. The van der Waals surface area contributed by atoms with E-state index >= 15 is 0 Å². The summed E-state index contributed by atoms with van der Waals surface area (Å²) in [6.07, 6.45) is 4.48. The van der Waals surface area contributed by atoms with E-state index in [-0.39, 0.29) is 0 Å². The Morgan fingerprint density at radius 1 is 1.06 bits per heavy atom. The second-order valence-electron chi connectivity index (χ2n) is 9.36. The fourth-order valence-corrected chi connectivity index (χ4v) is 5.06. The number of ether oxygens (including phenoxy) is 1. The molecule has 2 aliphatic rings. The van der Waals surface area contributed by atoms with Gasteiger partial charge in [-0.15, -0.1) is 0 Å². The van der Waals surface area contributed by atoms with Crippen molar-refractivity contribution in [1.29, 1.82) is 0 Å². The van der Waals surface area contributed by atoms with Gasteiger partial charge in [-0.25, -0.2) is 0 Å². The molecular formula is C27H34N6O. The summed E-state index contributed by atoms with van der Waals surface area (Å²) in [6.45, 7) is 2.09. The molecule has 1 unspecified atom stereocenters. The second kappa shape index (κ2) is 9.52. The third kappa shape index (κ3) is 4.41. The number of nitrogens with one attached hydrogen (secondary N) is 1. The van der Waals surface area contributed by atoms with E-state index in [2.05, 4.69) is 87.3 Å². The Morgan fingerprint density at radius 3 is 2.53 bits per heavy atom. The van der Waals surface area contributed by atoms with E-state index in [4.69, 9.17) is 10.5 Å². The molecule has 0 radical (unpaired) electrons. The third-order valence-electron chi connectivity index (χ3n) is 6.98. The Kier molecular flexibility index (Phi) is 6.30. The van der Waals surface area contributed by atoms with Crippen LogP contribution in [-0.4, -0.2) is 62.7 Å². The first-order valence-corrected chi connectivity index (χ1v) is 12.0. The molecule has 3 heterocycles. The number of aliphatic imine (C=N–C) groups is 1. The van der Waals surface area contributed by atoms with Gasteiger partial charge in [0.05, 0.1) is 30.4 Å². The lowest BCUT2D eigenvalue weighted by atomic mass is 10.0. The Morgan fingerprint density at radius 2 is 1.82 bits per heavy atom. The molecule has 0 amide bonds. The van der Waals surface area contributed by atoms with Crippen molar-refractivity contribution in [3.63, 3.8) is 0 Å². The lowest BCUT2D eigenvalue weighted by Crippen LogP contribution is -2.42. The molecule has 3 N–H and O–H groups in total. The summed E-state index contributed by atoms with van der Waals surface area (Å²) in [5, 5.41) is 0. The number of fused-ring (bicyclic) bond motifs is 1. The second-order valence-corrected chi connectivity index (χ2v) is 9.36. The molecule has 1 atom stereocenters. The van der Waals surface area contributed by atoms with Crippen molar-refractivity contribution in [2.75, 3.05) is 44.1 Å². The molecule has 1 saturated heterocycles. The topological polar surface area (TPSA) is 73.1 Å². The molecule has 5 rings (SSSR count). The highest BCUT2D eigenvalue weighted by Crippen LogP contribution is 2.41. The van der Waals surface area contributed by atoms with Crippen molar-refractivity contribution in [3.05, 3.63) is 71.5 Å². The SMILES string of the molecule is COc1cc(N2CCC(N(C)C)CC2)ccc1N1c2cc(Cc3ccccc3)[nH]c2C=NC1N. The van der Waals surface area contributed by atoms with Gasteiger partial charge in [0.1, 0.15) is 5.75 Å². The lowest BCUT2D eigenvalue weighted by Gasteiger charge is -2.37. The van der Waals surface area contributed by atoms with Gasteiger partial charge in [-0.1, -0.05) is 30.3 Å². The van der Waals surface area contributed by atoms with Crippen molar-refractivity contribution in [2.45, 2.75) is 31.6 Å². The quantitative estimate of drug-likeness (QED) is 0.585. The van der Waals surface area contributed by atoms with Crippen molar-refractivity contribution in [3.8, 4) is 5.75 Å². The van der Waals surface area contributed by atoms with Crippen LogP contribution >= 0.6 is 0 Å². The zero-order valence-corrected chi connectivity index (χ0v) is 20.2. The van der Waals surface area contributed by atoms with Gasteiger partial charge >= 0.3 is 0 Å². The molecule has 0 bridgehead atoms. The van der Waals surface area contributed by atoms with E-state index < -0.39 is 6.29 Å². The smallest absolute Gasteiger partial charge is 0.178 e. The summed E-state index contributed by atoms with van der Waals surface area (Å²) < 4.78 is 5.86. The van der Waals surface area contributed by atoms with Crippen LogP contribution in [0.1, 0.15) is 29.8 Å². The monoisotopic (exact) mass is 458 g/mol. The predicted octanol–water partition coefficient (Wildman–Crippen LogP) is 3.96. The highest BCUT2D eigenvalue weighted by atomic mass is 16.5. The molecule has 0 saturated carbocycles. The number of anilines is 3. The third-order valence-corrected chi connectivity index (χ3v) is 6.98. The van der Waals surface area contributed by atoms with Gasteiger partial charge in [-0.2, -0.15) is 0 Å². The van der Waals surface area contributed by atoms with E-state index in [0.29, 0.717) is 6.04 Å². The van der Waals surface area contributed by atoms with Crippen LogP contribution in [0.25, 0.3) is 0 Å². The van der Waals surface area contributed by atoms with E-state index in [9.17, 15) is 0 Å². The average Bonchev–Trinajstić information content (AvgIpc) is 3.27. The number of aromatic nitrogens is 1. The number of methoxy groups -OCH3 is 1. The van der Waals surface area contributed by atoms with E-state index in [1.54, 1.807) is 7.11 Å². The first-order chi connectivity index (χ1) is 16.5. The first-order valence-electron chi connectivity index (χ1n) is 12.0. The minimum absolute atomic E-state index is 0.511. The van der Waals surface area contributed by atoms with Gasteiger partial charge in [0.25, 0.3) is 0 Å². The molecule has 3 aromatic rings. The Labute approximate surface area is 201 Å². The maximum absolute atomic E-state index is 6.48. The lowest BCUT2D eigenvalue weighted by molar-refractivity contribution is 0.249. The number of nitrogens with zero attached hydrogens (tertiary/aromatic N) is 4. The normalized spacial score (nSPS) is 18.4. The van der Waals surface area contributed by atoms with Gasteiger partial charge in [0, 0.05) is 43.0 Å². The molecular weight excluding hydrogens is 424 g/mol. The summed E-state index contributed by atoms with van der Waals surface area (Å²) in [7, 11) is 6.06. The predicted molar refractivity (Wildman–Crippen MR) is 140 cm³/mol. The standard InChI is InChI=1S/C27H34N6O/c1-31(2)21-11-13-32(14-12-21)22-9-10-24(26(17-22)34-3)33-25-16-20(15-19-7-5-4-6-8-19)30-23(25)18-29-27(33)28/h4-10,16-18,21,27,30H,11-15,28H2,1-3H3. The Hall–Kier alpha value is -3.29. The zero-order valence-electron chi connectivity index (χ0n) is 20.2. The fourth-order valence-electron chi connectivity index (χ4n) is 5.06. The summed E-state index contributed by atoms with van der Waals surface area (Å²) in [5.41, 5.74) is 13.0. The molecule has 7 nitrogen and oxygen atoms in total. The number of hydrogen-bond donors (Lipinski definition) is 2. The minimum atomic E-state index is -0.511. The number of hydrogen-bond acceptors (Lipinski definition) is 6. The van der Waals surface area contributed by atoms with Crippen LogP contribution in [-0.2, 0) is 6.42 Å². The average molecular weight is 459 g/mol. The molecule has 0 spiro atoms. The van der Waals surface area contributed by atoms with E-state index in [1.165, 1.54) is 24.1 Å². The van der Waals surface area contributed by atoms with Crippen molar-refractivity contribution < 1.29 is 4.74 Å². The van der Waals surface area contributed by atoms with Crippen LogP contribution in [0.15, 0.2) is 59.6 Å². The largest absolute Gasteiger partial charge is 0.494 e. The molecule has 1 aromatic heterocycles. The molecule has 1 fully saturated rings. The van der Waals surface area contributed by atoms with Crippen molar-refractivity contribution >= 4 is 23.3 Å². The highest BCUT2D eigenvalue weighted by molar-refractivity contribution is 5.92. The van der Waals surface area contributed by atoms with Gasteiger partial charge in [-0.05, 0) is 50.7 Å². The van der Waals surface area contributed by atoms with Crippen LogP contribution in [0, 0.1) is 0 Å². The van der Waals surface area contributed by atoms with Crippen LogP contribution in [0.3, 0.4) is 0 Å². The summed E-state index contributed by atoms with van der Waals surface area (Å²) in [4.78, 5) is 14.9. The molecule has 7 heteroatoms. The van der Waals surface area contributed by atoms with E-state index in [1.807, 2.05) is 12.3 Å². The molecule has 34 heavy (non-hydrogen) atoms. The highest BCUT2D eigenvalue weighted by Gasteiger charge is 2.28. The number of aromatic amines is 1. The summed E-state index contributed by atoms with van der Waals surface area (Å²) in [5.74, 6) is 0.802. The van der Waals surface area contributed by atoms with Gasteiger partial charge in [-0.3, -0.25) is 10.7 Å². The maximum Gasteiger partial charge on any atom is 0.178 e. The summed E-state index contributed by atoms with van der Waals surface area (Å²) in [6, 6.07) is 19.7. The van der Waals surface area contributed by atoms with Crippen LogP contribution in [0.2, 0.25) is 0 Å². The fraction of sp³-hybridized carbons (Fsp3) is 0.370. The number of H-pyrrole nitrogens is 1. The van der Waals surface area contributed by atoms with Crippen molar-refractivity contribution in [2.24, 2.45) is 10.7 Å². The number of piperidine rings is 1. The first kappa shape index (κ1) is 22.5.